The van der Waals surface area contributed by atoms with Gasteiger partial charge in [-0.15, -0.1) is 0 Å². The van der Waals surface area contributed by atoms with E-state index in [2.05, 4.69) is 28.7 Å². The van der Waals surface area contributed by atoms with Crippen LogP contribution in [0.4, 0.5) is 5.69 Å². The summed E-state index contributed by atoms with van der Waals surface area (Å²) in [6.07, 6.45) is 0. The van der Waals surface area contributed by atoms with Gasteiger partial charge in [-0.1, -0.05) is 0 Å². The summed E-state index contributed by atoms with van der Waals surface area (Å²) in [5.41, 5.74) is 6.83. The van der Waals surface area contributed by atoms with Gasteiger partial charge in [-0.3, -0.25) is 0 Å². The Labute approximate surface area is 113 Å². The van der Waals surface area contributed by atoms with Gasteiger partial charge in [0.1, 0.15) is 5.75 Å². The van der Waals surface area contributed by atoms with E-state index in [9.17, 15) is 0 Å². The largest absolute Gasteiger partial charge is 0.455 e. The van der Waals surface area contributed by atoms with E-state index in [4.69, 9.17) is 15.7 Å². The third-order valence-electron chi connectivity index (χ3n) is 2.18. The van der Waals surface area contributed by atoms with Crippen LogP contribution >= 0.6 is 22.6 Å². The third kappa shape index (κ3) is 2.88. The SMILES string of the molecule is N#Cc1ccc(N)c(Oc2ccc(I)cc2)c1. The zero-order chi connectivity index (χ0) is 12.3. The van der Waals surface area contributed by atoms with Crippen LogP contribution in [0.15, 0.2) is 42.5 Å². The fourth-order valence-electron chi connectivity index (χ4n) is 1.32. The normalized spacial score (nSPS) is 9.65. The van der Waals surface area contributed by atoms with E-state index < -0.39 is 0 Å². The molecule has 0 saturated heterocycles. The summed E-state index contributed by atoms with van der Waals surface area (Å²) >= 11 is 2.22. The predicted molar refractivity (Wildman–Crippen MR) is 74.8 cm³/mol. The number of nitriles is 1. The second-order valence-electron chi connectivity index (χ2n) is 3.42. The Morgan fingerprint density at radius 2 is 1.82 bits per heavy atom. The van der Waals surface area contributed by atoms with Crippen molar-refractivity contribution < 1.29 is 4.74 Å². The molecule has 2 N–H and O–H groups in total. The van der Waals surface area contributed by atoms with Gasteiger partial charge in [0.15, 0.2) is 5.75 Å². The Morgan fingerprint density at radius 3 is 2.47 bits per heavy atom. The molecule has 0 saturated carbocycles. The van der Waals surface area contributed by atoms with Crippen molar-refractivity contribution in [2.75, 3.05) is 5.73 Å². The average Bonchev–Trinajstić information content (AvgIpc) is 2.35. The molecule has 17 heavy (non-hydrogen) atoms. The lowest BCUT2D eigenvalue weighted by Gasteiger charge is -2.08. The van der Waals surface area contributed by atoms with Crippen molar-refractivity contribution in [3.63, 3.8) is 0 Å². The first-order valence-electron chi connectivity index (χ1n) is 4.92. The molecular weight excluding hydrogens is 327 g/mol. The van der Waals surface area contributed by atoms with Gasteiger partial charge in [-0.25, -0.2) is 0 Å². The van der Waals surface area contributed by atoms with Crippen molar-refractivity contribution in [2.24, 2.45) is 0 Å². The Bertz CT molecular complexity index is 573. The highest BCUT2D eigenvalue weighted by molar-refractivity contribution is 14.1. The van der Waals surface area contributed by atoms with Gasteiger partial charge in [0.05, 0.1) is 17.3 Å². The molecule has 0 aliphatic heterocycles. The van der Waals surface area contributed by atoms with Crippen molar-refractivity contribution >= 4 is 28.3 Å². The van der Waals surface area contributed by atoms with Crippen LogP contribution in [-0.2, 0) is 0 Å². The number of anilines is 1. The monoisotopic (exact) mass is 336 g/mol. The lowest BCUT2D eigenvalue weighted by atomic mass is 10.2. The van der Waals surface area contributed by atoms with Gasteiger partial charge in [0.25, 0.3) is 0 Å². The second kappa shape index (κ2) is 5.06. The molecule has 0 aliphatic carbocycles. The maximum atomic E-state index is 8.81. The van der Waals surface area contributed by atoms with Gasteiger partial charge >= 0.3 is 0 Å². The van der Waals surface area contributed by atoms with E-state index in [1.54, 1.807) is 18.2 Å². The third-order valence-corrected chi connectivity index (χ3v) is 2.90. The highest BCUT2D eigenvalue weighted by Gasteiger charge is 2.03. The minimum atomic E-state index is 0.505. The van der Waals surface area contributed by atoms with Crippen molar-refractivity contribution in [1.29, 1.82) is 5.26 Å². The Kier molecular flexibility index (Phi) is 3.49. The molecule has 0 bridgehead atoms. The molecule has 0 heterocycles. The van der Waals surface area contributed by atoms with Crippen LogP contribution in [0.2, 0.25) is 0 Å². The highest BCUT2D eigenvalue weighted by Crippen LogP contribution is 2.28. The molecule has 0 aromatic heterocycles. The zero-order valence-corrected chi connectivity index (χ0v) is 11.0. The molecule has 2 aromatic carbocycles. The summed E-state index contributed by atoms with van der Waals surface area (Å²) < 4.78 is 6.76. The van der Waals surface area contributed by atoms with Gasteiger partial charge in [-0.05, 0) is 59.0 Å². The number of hydrogen-bond donors (Lipinski definition) is 1. The minimum absolute atomic E-state index is 0.505. The van der Waals surface area contributed by atoms with Gasteiger partial charge in [0.2, 0.25) is 0 Å². The number of ether oxygens (including phenoxy) is 1. The molecular formula is C13H9IN2O. The quantitative estimate of drug-likeness (QED) is 0.674. The molecule has 4 heteroatoms. The molecule has 0 atom stereocenters. The van der Waals surface area contributed by atoms with Crippen molar-refractivity contribution in [2.45, 2.75) is 0 Å². The maximum Gasteiger partial charge on any atom is 0.151 e. The number of benzene rings is 2. The molecule has 3 nitrogen and oxygen atoms in total. The fraction of sp³-hybridized carbons (Fsp3) is 0. The maximum absolute atomic E-state index is 8.81. The second-order valence-corrected chi connectivity index (χ2v) is 4.67. The van der Waals surface area contributed by atoms with E-state index in [0.717, 1.165) is 3.57 Å². The van der Waals surface area contributed by atoms with Crippen LogP contribution in [0.25, 0.3) is 0 Å². The predicted octanol–water partition coefficient (Wildman–Crippen LogP) is 3.54. The molecule has 0 aliphatic rings. The summed E-state index contributed by atoms with van der Waals surface area (Å²) in [6, 6.07) is 14.6. The summed E-state index contributed by atoms with van der Waals surface area (Å²) in [5, 5.41) is 8.81. The number of nitrogen functional groups attached to an aromatic ring is 1. The van der Waals surface area contributed by atoms with Crippen LogP contribution in [0.3, 0.4) is 0 Å². The van der Waals surface area contributed by atoms with E-state index in [0.29, 0.717) is 22.7 Å². The standard InChI is InChI=1S/C13H9IN2O/c14-10-2-4-11(5-3-10)17-13-7-9(8-15)1-6-12(13)16/h1-7H,16H2. The molecule has 0 amide bonds. The minimum Gasteiger partial charge on any atom is -0.455 e. The van der Waals surface area contributed by atoms with E-state index in [1.807, 2.05) is 24.3 Å². The highest BCUT2D eigenvalue weighted by atomic mass is 127. The van der Waals surface area contributed by atoms with Crippen LogP contribution in [-0.4, -0.2) is 0 Å². The van der Waals surface area contributed by atoms with Crippen molar-refractivity contribution in [3.8, 4) is 17.6 Å². The number of halogens is 1. The molecule has 0 spiro atoms. The summed E-state index contributed by atoms with van der Waals surface area (Å²) in [6.45, 7) is 0. The summed E-state index contributed by atoms with van der Waals surface area (Å²) in [4.78, 5) is 0. The van der Waals surface area contributed by atoms with E-state index in [-0.39, 0.29) is 0 Å². The van der Waals surface area contributed by atoms with Crippen molar-refractivity contribution in [3.05, 3.63) is 51.6 Å². The first-order valence-corrected chi connectivity index (χ1v) is 6.00. The first-order chi connectivity index (χ1) is 8.19. The summed E-state index contributed by atoms with van der Waals surface area (Å²) in [7, 11) is 0. The van der Waals surface area contributed by atoms with Crippen LogP contribution in [0.5, 0.6) is 11.5 Å². The van der Waals surface area contributed by atoms with Crippen LogP contribution in [0, 0.1) is 14.9 Å². The number of nitrogens with two attached hydrogens (primary N) is 1. The van der Waals surface area contributed by atoms with Gasteiger partial charge < -0.3 is 10.5 Å². The van der Waals surface area contributed by atoms with Crippen LogP contribution < -0.4 is 10.5 Å². The zero-order valence-electron chi connectivity index (χ0n) is 8.85. The smallest absolute Gasteiger partial charge is 0.151 e. The van der Waals surface area contributed by atoms with Gasteiger partial charge in [-0.2, -0.15) is 5.26 Å². The van der Waals surface area contributed by atoms with Gasteiger partial charge in [0, 0.05) is 9.64 Å². The van der Waals surface area contributed by atoms with E-state index in [1.165, 1.54) is 0 Å². The average molecular weight is 336 g/mol. The molecule has 2 aromatic rings. The number of hydrogen-bond acceptors (Lipinski definition) is 3. The topological polar surface area (TPSA) is 59.0 Å². The molecule has 84 valence electrons. The lowest BCUT2D eigenvalue weighted by molar-refractivity contribution is 0.485. The van der Waals surface area contributed by atoms with Crippen molar-refractivity contribution in [1.82, 2.24) is 0 Å². The number of rotatable bonds is 2. The summed E-state index contributed by atoms with van der Waals surface area (Å²) in [5.74, 6) is 1.21. The molecule has 2 rings (SSSR count). The Balaban J connectivity index is 2.29. The first kappa shape index (κ1) is 11.7. The van der Waals surface area contributed by atoms with E-state index >= 15 is 0 Å². The molecule has 0 unspecified atom stereocenters. The fourth-order valence-corrected chi connectivity index (χ4v) is 1.68. The Morgan fingerprint density at radius 1 is 1.12 bits per heavy atom. The Hall–Kier alpha value is -1.74. The molecule has 0 fully saturated rings. The molecule has 0 radical (unpaired) electrons. The number of nitrogens with zero attached hydrogens (tertiary/aromatic N) is 1. The lowest BCUT2D eigenvalue weighted by Crippen LogP contribution is -1.92. The van der Waals surface area contributed by atoms with Crippen LogP contribution in [0.1, 0.15) is 5.56 Å².